The summed E-state index contributed by atoms with van der Waals surface area (Å²) >= 11 is 0. The zero-order valence-corrected chi connectivity index (χ0v) is 7.45. The molecule has 0 aliphatic carbocycles. The number of carboxylic acid groups (broad SMARTS) is 1. The molecule has 1 aromatic carbocycles. The number of nitrogens with two attached hydrogens (primary N) is 1. The van der Waals surface area contributed by atoms with E-state index in [4.69, 9.17) is 10.8 Å². The Hall–Kier alpha value is -1.56. The van der Waals surface area contributed by atoms with E-state index in [1.807, 2.05) is 0 Å². The van der Waals surface area contributed by atoms with E-state index in [0.29, 0.717) is 6.07 Å². The molecule has 0 aromatic heterocycles. The largest absolute Gasteiger partial charge is 0.480 e. The molecule has 6 heteroatoms. The molecular formula is C9H8F3NO2. The smallest absolute Gasteiger partial charge is 0.325 e. The molecule has 0 amide bonds. The highest BCUT2D eigenvalue weighted by atomic mass is 19.3. The van der Waals surface area contributed by atoms with Gasteiger partial charge in [-0.05, 0) is 17.7 Å². The van der Waals surface area contributed by atoms with Gasteiger partial charge in [-0.1, -0.05) is 6.07 Å². The average Bonchev–Trinajstić information content (AvgIpc) is 2.15. The summed E-state index contributed by atoms with van der Waals surface area (Å²) in [5.74, 6) is -2.28. The second-order valence-corrected chi connectivity index (χ2v) is 2.89. The maximum atomic E-state index is 12.7. The Kier molecular flexibility index (Phi) is 3.31. The van der Waals surface area contributed by atoms with Gasteiger partial charge in [0.1, 0.15) is 11.9 Å². The van der Waals surface area contributed by atoms with Gasteiger partial charge in [0.05, 0.1) is 0 Å². The third kappa shape index (κ3) is 2.47. The summed E-state index contributed by atoms with van der Waals surface area (Å²) in [5, 5.41) is 8.54. The Bertz CT molecular complexity index is 382. The number of carbonyl (C=O) groups is 1. The van der Waals surface area contributed by atoms with Gasteiger partial charge >= 0.3 is 5.97 Å². The minimum atomic E-state index is -2.88. The first-order chi connectivity index (χ1) is 6.93. The highest BCUT2D eigenvalue weighted by Crippen LogP contribution is 2.27. The third-order valence-electron chi connectivity index (χ3n) is 1.89. The van der Waals surface area contributed by atoms with E-state index in [-0.39, 0.29) is 0 Å². The molecule has 0 spiro atoms. The molecule has 1 rings (SSSR count). The van der Waals surface area contributed by atoms with E-state index in [1.54, 1.807) is 0 Å². The fraction of sp³-hybridized carbons (Fsp3) is 0.222. The predicted molar refractivity (Wildman–Crippen MR) is 45.9 cm³/mol. The second-order valence-electron chi connectivity index (χ2n) is 2.89. The molecule has 0 radical (unpaired) electrons. The zero-order valence-electron chi connectivity index (χ0n) is 7.45. The van der Waals surface area contributed by atoms with Crippen molar-refractivity contribution >= 4 is 5.97 Å². The Labute approximate surface area is 83.3 Å². The number of alkyl halides is 2. The van der Waals surface area contributed by atoms with Crippen LogP contribution >= 0.6 is 0 Å². The first-order valence-corrected chi connectivity index (χ1v) is 3.99. The van der Waals surface area contributed by atoms with Crippen molar-refractivity contribution in [3.05, 3.63) is 35.1 Å². The Morgan fingerprint density at radius 2 is 1.93 bits per heavy atom. The molecule has 3 N–H and O–H groups in total. The lowest BCUT2D eigenvalue weighted by atomic mass is 10.0. The summed E-state index contributed by atoms with van der Waals surface area (Å²) < 4.78 is 37.6. The normalized spacial score (nSPS) is 12.9. The fourth-order valence-corrected chi connectivity index (χ4v) is 1.15. The monoisotopic (exact) mass is 219 g/mol. The maximum Gasteiger partial charge on any atom is 0.325 e. The third-order valence-corrected chi connectivity index (χ3v) is 1.89. The van der Waals surface area contributed by atoms with E-state index in [1.165, 1.54) is 0 Å². The molecule has 0 fully saturated rings. The molecule has 0 unspecified atom stereocenters. The zero-order chi connectivity index (χ0) is 11.6. The van der Waals surface area contributed by atoms with Crippen molar-refractivity contribution < 1.29 is 23.1 Å². The molecule has 1 aromatic rings. The van der Waals surface area contributed by atoms with Crippen molar-refractivity contribution in [3.63, 3.8) is 0 Å². The van der Waals surface area contributed by atoms with E-state index < -0.39 is 35.4 Å². The summed E-state index contributed by atoms with van der Waals surface area (Å²) in [6.45, 7) is 0. The molecule has 0 heterocycles. The van der Waals surface area contributed by atoms with Crippen molar-refractivity contribution in [2.24, 2.45) is 5.73 Å². The van der Waals surface area contributed by atoms with Gasteiger partial charge in [-0.15, -0.1) is 0 Å². The number of halogens is 3. The number of hydrogen-bond acceptors (Lipinski definition) is 2. The Morgan fingerprint density at radius 1 is 1.33 bits per heavy atom. The summed E-state index contributed by atoms with van der Waals surface area (Å²) in [4.78, 5) is 10.5. The lowest BCUT2D eigenvalue weighted by Gasteiger charge is -2.12. The van der Waals surface area contributed by atoms with Crippen LogP contribution in [0.15, 0.2) is 18.2 Å². The van der Waals surface area contributed by atoms with Crippen LogP contribution in [0.25, 0.3) is 0 Å². The molecule has 0 saturated carbocycles. The van der Waals surface area contributed by atoms with Gasteiger partial charge in [0.15, 0.2) is 0 Å². The lowest BCUT2D eigenvalue weighted by molar-refractivity contribution is -0.138. The summed E-state index contributed by atoms with van der Waals surface area (Å²) in [7, 11) is 0. The summed E-state index contributed by atoms with van der Waals surface area (Å²) in [6.07, 6.45) is -2.88. The number of aliphatic carboxylic acids is 1. The Balaban J connectivity index is 3.24. The van der Waals surface area contributed by atoms with Crippen molar-refractivity contribution in [2.45, 2.75) is 12.5 Å². The van der Waals surface area contributed by atoms with Gasteiger partial charge in [-0.3, -0.25) is 4.79 Å². The standard InChI is InChI=1S/C9H8F3NO2/c10-4-1-2-5(8(11)12)6(3-4)7(13)9(14)15/h1-3,7-8H,13H2,(H,14,15)/t7-/m0/s1. The van der Waals surface area contributed by atoms with E-state index in [2.05, 4.69) is 0 Å². The van der Waals surface area contributed by atoms with Gasteiger partial charge in [-0.2, -0.15) is 0 Å². The first-order valence-electron chi connectivity index (χ1n) is 3.99. The average molecular weight is 219 g/mol. The van der Waals surface area contributed by atoms with Crippen molar-refractivity contribution in [1.82, 2.24) is 0 Å². The molecule has 82 valence electrons. The molecule has 15 heavy (non-hydrogen) atoms. The second kappa shape index (κ2) is 4.31. The SMILES string of the molecule is N[C@H](C(=O)O)c1cc(F)ccc1C(F)F. The van der Waals surface area contributed by atoms with Crippen LogP contribution in [0.5, 0.6) is 0 Å². The van der Waals surface area contributed by atoms with Gasteiger partial charge in [0.25, 0.3) is 6.43 Å². The van der Waals surface area contributed by atoms with Crippen LogP contribution in [0, 0.1) is 5.82 Å². The van der Waals surface area contributed by atoms with Crippen LogP contribution < -0.4 is 5.73 Å². The summed E-state index contributed by atoms with van der Waals surface area (Å²) in [5.41, 5.74) is 4.18. The number of rotatable bonds is 3. The number of carboxylic acids is 1. The summed E-state index contributed by atoms with van der Waals surface area (Å²) in [6, 6.07) is 0.725. The van der Waals surface area contributed by atoms with Crippen LogP contribution in [0.2, 0.25) is 0 Å². The van der Waals surface area contributed by atoms with Crippen LogP contribution in [0.1, 0.15) is 23.6 Å². The fourth-order valence-electron chi connectivity index (χ4n) is 1.15. The Morgan fingerprint density at radius 3 is 2.40 bits per heavy atom. The van der Waals surface area contributed by atoms with Crippen LogP contribution in [0.4, 0.5) is 13.2 Å². The van der Waals surface area contributed by atoms with Crippen LogP contribution in [0.3, 0.4) is 0 Å². The van der Waals surface area contributed by atoms with Crippen molar-refractivity contribution in [3.8, 4) is 0 Å². The van der Waals surface area contributed by atoms with E-state index in [0.717, 1.165) is 12.1 Å². The van der Waals surface area contributed by atoms with Crippen LogP contribution in [-0.4, -0.2) is 11.1 Å². The van der Waals surface area contributed by atoms with E-state index in [9.17, 15) is 18.0 Å². The number of hydrogen-bond donors (Lipinski definition) is 2. The minimum Gasteiger partial charge on any atom is -0.480 e. The highest BCUT2D eigenvalue weighted by Gasteiger charge is 2.22. The van der Waals surface area contributed by atoms with E-state index >= 15 is 0 Å². The molecule has 0 bridgehead atoms. The minimum absolute atomic E-state index is 0.405. The predicted octanol–water partition coefficient (Wildman–Crippen LogP) is 1.85. The molecule has 1 atom stereocenters. The highest BCUT2D eigenvalue weighted by molar-refractivity contribution is 5.75. The molecule has 0 aliphatic rings. The van der Waals surface area contributed by atoms with Gasteiger partial charge in [-0.25, -0.2) is 13.2 Å². The van der Waals surface area contributed by atoms with Gasteiger partial charge in [0, 0.05) is 5.56 Å². The first kappa shape index (κ1) is 11.5. The molecule has 0 aliphatic heterocycles. The van der Waals surface area contributed by atoms with Gasteiger partial charge < -0.3 is 10.8 Å². The quantitative estimate of drug-likeness (QED) is 0.815. The maximum absolute atomic E-state index is 12.7. The number of benzene rings is 1. The molecule has 0 saturated heterocycles. The molecular weight excluding hydrogens is 211 g/mol. The topological polar surface area (TPSA) is 63.3 Å². The molecule has 3 nitrogen and oxygen atoms in total. The van der Waals surface area contributed by atoms with Crippen molar-refractivity contribution in [2.75, 3.05) is 0 Å². The lowest BCUT2D eigenvalue weighted by Crippen LogP contribution is -2.22. The van der Waals surface area contributed by atoms with Crippen molar-refractivity contribution in [1.29, 1.82) is 0 Å². The van der Waals surface area contributed by atoms with Crippen LogP contribution in [-0.2, 0) is 4.79 Å². The van der Waals surface area contributed by atoms with Gasteiger partial charge in [0.2, 0.25) is 0 Å².